The number of ether oxygens (including phenoxy) is 1. The van der Waals surface area contributed by atoms with Gasteiger partial charge in [-0.2, -0.15) is 4.31 Å². The van der Waals surface area contributed by atoms with Gasteiger partial charge < -0.3 is 4.74 Å². The first-order valence-electron chi connectivity index (χ1n) is 9.49. The fourth-order valence-electron chi connectivity index (χ4n) is 2.98. The Bertz CT molecular complexity index is 1050. The number of benzene rings is 1. The maximum Gasteiger partial charge on any atom is 0.265 e. The van der Waals surface area contributed by atoms with E-state index in [0.29, 0.717) is 30.4 Å². The van der Waals surface area contributed by atoms with Gasteiger partial charge in [0.05, 0.1) is 10.6 Å². The summed E-state index contributed by atoms with van der Waals surface area (Å²) in [6, 6.07) is 4.31. The van der Waals surface area contributed by atoms with E-state index in [4.69, 9.17) is 4.74 Å². The van der Waals surface area contributed by atoms with Crippen molar-refractivity contribution in [1.82, 2.24) is 14.5 Å². The maximum atomic E-state index is 12.9. The van der Waals surface area contributed by atoms with E-state index in [1.807, 2.05) is 6.92 Å². The van der Waals surface area contributed by atoms with Crippen molar-refractivity contribution < 1.29 is 22.7 Å². The first-order chi connectivity index (χ1) is 14.3. The zero-order chi connectivity index (χ0) is 21.9. The number of aryl methyl sites for hydroxylation is 1. The molecule has 2 amide bonds. The minimum atomic E-state index is -3.73. The monoisotopic (exact) mass is 453 g/mol. The van der Waals surface area contributed by atoms with Crippen LogP contribution in [0.25, 0.3) is 0 Å². The number of anilines is 2. The molecule has 162 valence electrons. The van der Waals surface area contributed by atoms with E-state index in [1.54, 1.807) is 13.8 Å². The summed E-state index contributed by atoms with van der Waals surface area (Å²) >= 11 is 1.26. The molecule has 0 fully saturated rings. The summed E-state index contributed by atoms with van der Waals surface area (Å²) in [6.45, 7) is 5.53. The number of nitrogens with zero attached hydrogens (tertiary/aromatic N) is 4. The summed E-state index contributed by atoms with van der Waals surface area (Å²) in [4.78, 5) is 26.2. The van der Waals surface area contributed by atoms with Gasteiger partial charge in [0.15, 0.2) is 6.61 Å². The largest absolute Gasteiger partial charge is 0.482 e. The third kappa shape index (κ3) is 4.45. The molecule has 1 aliphatic rings. The highest BCUT2D eigenvalue weighted by atomic mass is 32.2. The van der Waals surface area contributed by atoms with Crippen LogP contribution in [0.4, 0.5) is 10.8 Å². The number of carbonyl (C=O) groups excluding carboxylic acids is 2. The van der Waals surface area contributed by atoms with Crippen molar-refractivity contribution >= 4 is 44.0 Å². The highest BCUT2D eigenvalue weighted by Crippen LogP contribution is 2.35. The van der Waals surface area contributed by atoms with Crippen LogP contribution in [0.5, 0.6) is 5.75 Å². The predicted molar refractivity (Wildman–Crippen MR) is 112 cm³/mol. The van der Waals surface area contributed by atoms with E-state index < -0.39 is 21.8 Å². The molecule has 0 spiro atoms. The minimum absolute atomic E-state index is 0.0327. The van der Waals surface area contributed by atoms with E-state index in [2.05, 4.69) is 15.5 Å². The molecule has 1 aliphatic heterocycles. The number of nitrogens with one attached hydrogen (secondary N) is 1. The fourth-order valence-corrected chi connectivity index (χ4v) is 5.15. The van der Waals surface area contributed by atoms with Crippen molar-refractivity contribution in [2.24, 2.45) is 0 Å². The first kappa shape index (κ1) is 22.1. The second kappa shape index (κ2) is 9.06. The molecule has 0 saturated carbocycles. The van der Waals surface area contributed by atoms with Crippen LogP contribution in [-0.4, -0.2) is 61.0 Å². The van der Waals surface area contributed by atoms with Gasteiger partial charge in [-0.05, 0) is 24.6 Å². The number of carbonyl (C=O) groups is 2. The number of rotatable bonds is 8. The molecule has 1 aromatic heterocycles. The number of amides is 2. The molecule has 0 unspecified atom stereocenters. The normalized spacial score (nSPS) is 13.9. The van der Waals surface area contributed by atoms with E-state index in [-0.39, 0.29) is 23.7 Å². The summed E-state index contributed by atoms with van der Waals surface area (Å²) in [5.41, 5.74) is 0.237. The molecule has 0 aliphatic carbocycles. The standard InChI is InChI=1S/C18H23N5O5S2/c1-4-16-20-21-18(29-16)19-15(24)10-23-13-9-12(30(26,27)22(5-2)6-3)7-8-14(13)28-11-17(23)25/h7-9H,4-6,10-11H2,1-3H3,(H,19,21,24). The molecule has 12 heteroatoms. The molecule has 0 saturated heterocycles. The zero-order valence-corrected chi connectivity index (χ0v) is 18.5. The van der Waals surface area contributed by atoms with Gasteiger partial charge in [-0.1, -0.05) is 32.1 Å². The van der Waals surface area contributed by atoms with Gasteiger partial charge in [0.25, 0.3) is 5.91 Å². The summed E-state index contributed by atoms with van der Waals surface area (Å²) in [5, 5.41) is 11.6. The highest BCUT2D eigenvalue weighted by Gasteiger charge is 2.30. The topological polar surface area (TPSA) is 122 Å². The molecule has 0 radical (unpaired) electrons. The zero-order valence-electron chi connectivity index (χ0n) is 16.9. The Kier molecular flexibility index (Phi) is 6.68. The lowest BCUT2D eigenvalue weighted by Gasteiger charge is -2.29. The quantitative estimate of drug-likeness (QED) is 0.643. The molecule has 10 nitrogen and oxygen atoms in total. The molecule has 1 aromatic carbocycles. The Morgan fingerprint density at radius 3 is 2.63 bits per heavy atom. The third-order valence-electron chi connectivity index (χ3n) is 4.53. The van der Waals surface area contributed by atoms with Crippen LogP contribution < -0.4 is 15.0 Å². The average Bonchev–Trinajstić information content (AvgIpc) is 3.18. The Morgan fingerprint density at radius 1 is 1.27 bits per heavy atom. The van der Waals surface area contributed by atoms with Crippen LogP contribution in [0.3, 0.4) is 0 Å². The average molecular weight is 454 g/mol. The van der Waals surface area contributed by atoms with E-state index >= 15 is 0 Å². The van der Waals surface area contributed by atoms with Gasteiger partial charge in [0.2, 0.25) is 21.1 Å². The van der Waals surface area contributed by atoms with E-state index in [0.717, 1.165) is 5.01 Å². The van der Waals surface area contributed by atoms with Gasteiger partial charge in [0, 0.05) is 13.1 Å². The molecule has 2 heterocycles. The predicted octanol–water partition coefficient (Wildman–Crippen LogP) is 1.50. The fraction of sp³-hybridized carbons (Fsp3) is 0.444. The molecule has 0 atom stereocenters. The van der Waals surface area contributed by atoms with Crippen LogP contribution >= 0.6 is 11.3 Å². The van der Waals surface area contributed by atoms with Gasteiger partial charge in [-0.3, -0.25) is 19.8 Å². The molecular formula is C18H23N5O5S2. The molecular weight excluding hydrogens is 430 g/mol. The Labute approximate surface area is 178 Å². The first-order valence-corrected chi connectivity index (χ1v) is 11.7. The number of hydrogen-bond donors (Lipinski definition) is 1. The number of fused-ring (bicyclic) bond motifs is 1. The molecule has 1 N–H and O–H groups in total. The smallest absolute Gasteiger partial charge is 0.265 e. The van der Waals surface area contributed by atoms with Crippen molar-refractivity contribution in [2.45, 2.75) is 32.1 Å². The van der Waals surface area contributed by atoms with Crippen molar-refractivity contribution in [3.8, 4) is 5.75 Å². The third-order valence-corrected chi connectivity index (χ3v) is 7.56. The van der Waals surface area contributed by atoms with Crippen molar-refractivity contribution in [1.29, 1.82) is 0 Å². The molecule has 3 rings (SSSR count). The van der Waals surface area contributed by atoms with Crippen molar-refractivity contribution in [3.63, 3.8) is 0 Å². The van der Waals surface area contributed by atoms with Gasteiger partial charge in [-0.15, -0.1) is 10.2 Å². The van der Waals surface area contributed by atoms with E-state index in [1.165, 1.54) is 38.7 Å². The van der Waals surface area contributed by atoms with Crippen LogP contribution in [0.1, 0.15) is 25.8 Å². The lowest BCUT2D eigenvalue weighted by molar-refractivity contribution is -0.123. The van der Waals surface area contributed by atoms with Crippen LogP contribution in [0.15, 0.2) is 23.1 Å². The summed E-state index contributed by atoms with van der Waals surface area (Å²) in [5.74, 6) is -0.571. The van der Waals surface area contributed by atoms with Gasteiger partial charge in [-0.25, -0.2) is 8.42 Å². The molecule has 0 bridgehead atoms. The van der Waals surface area contributed by atoms with Crippen molar-refractivity contribution in [3.05, 3.63) is 23.2 Å². The number of hydrogen-bond acceptors (Lipinski definition) is 8. The lowest BCUT2D eigenvalue weighted by atomic mass is 10.2. The molecule has 2 aromatic rings. The highest BCUT2D eigenvalue weighted by molar-refractivity contribution is 7.89. The van der Waals surface area contributed by atoms with Crippen LogP contribution in [0.2, 0.25) is 0 Å². The van der Waals surface area contributed by atoms with Crippen LogP contribution in [-0.2, 0) is 26.0 Å². The SMILES string of the molecule is CCc1nnc(NC(=O)CN2C(=O)COc3ccc(S(=O)(=O)N(CC)CC)cc32)s1. The summed E-state index contributed by atoms with van der Waals surface area (Å²) in [7, 11) is -3.73. The number of aromatic nitrogens is 2. The van der Waals surface area contributed by atoms with Gasteiger partial charge in [0.1, 0.15) is 17.3 Å². The number of sulfonamides is 1. The second-order valence-electron chi connectivity index (χ2n) is 6.39. The summed E-state index contributed by atoms with van der Waals surface area (Å²) < 4.78 is 32.4. The Balaban J connectivity index is 1.87. The van der Waals surface area contributed by atoms with Crippen molar-refractivity contribution in [2.75, 3.05) is 36.5 Å². The Morgan fingerprint density at radius 2 is 2.00 bits per heavy atom. The van der Waals surface area contributed by atoms with Crippen LogP contribution in [0, 0.1) is 0 Å². The van der Waals surface area contributed by atoms with E-state index in [9.17, 15) is 18.0 Å². The summed E-state index contributed by atoms with van der Waals surface area (Å²) in [6.07, 6.45) is 0.701. The Hall–Kier alpha value is -2.57. The maximum absolute atomic E-state index is 12.9. The van der Waals surface area contributed by atoms with Gasteiger partial charge >= 0.3 is 0 Å². The lowest BCUT2D eigenvalue weighted by Crippen LogP contribution is -2.43. The minimum Gasteiger partial charge on any atom is -0.482 e. The second-order valence-corrected chi connectivity index (χ2v) is 9.39. The molecule has 30 heavy (non-hydrogen) atoms.